The maximum Gasteiger partial charge on any atom is 0.273 e. The molecule has 0 radical (unpaired) electrons. The van der Waals surface area contributed by atoms with Gasteiger partial charge in [0, 0.05) is 29.7 Å². The monoisotopic (exact) mass is 630 g/mol. The highest BCUT2D eigenvalue weighted by Crippen LogP contribution is 2.36. The van der Waals surface area contributed by atoms with E-state index in [1.54, 1.807) is 6.92 Å². The van der Waals surface area contributed by atoms with Crippen LogP contribution in [0.15, 0.2) is 65.6 Å². The molecule has 230 valence electrons. The number of benzene rings is 3. The number of sulfonamides is 1. The number of anilines is 1. The Hall–Kier alpha value is -4.16. The van der Waals surface area contributed by atoms with Gasteiger partial charge in [-0.1, -0.05) is 54.4 Å². The Kier molecular flexibility index (Phi) is 11.1. The van der Waals surface area contributed by atoms with Crippen LogP contribution in [0.1, 0.15) is 37.0 Å². The highest BCUT2D eigenvalue weighted by Gasteiger charge is 2.35. The van der Waals surface area contributed by atoms with Crippen molar-refractivity contribution in [3.63, 3.8) is 0 Å². The second kappa shape index (κ2) is 14.3. The van der Waals surface area contributed by atoms with Crippen molar-refractivity contribution in [2.45, 2.75) is 51.6 Å². The Balaban J connectivity index is 2.15. The number of halogens is 1. The lowest BCUT2D eigenvalue weighted by Gasteiger charge is -2.32. The van der Waals surface area contributed by atoms with Crippen LogP contribution in [0.3, 0.4) is 0 Å². The molecule has 0 aliphatic carbocycles. The number of nitrogens with one attached hydrogen (secondary N) is 1. The molecule has 13 heteroatoms. The standard InChI is InChI=1S/C30H35ClN4O7S/c1-6-14-32-30(37)22(4)33(18-23-9-7-8-20(2)15-23)29(36)19-34(27-16-24(31)11-13-28(27)42-5)43(40,41)25-12-10-21(3)26(17-25)35(38)39/h7-13,15-17,22H,6,14,18-19H2,1-5H3,(H,32,37). The molecule has 1 unspecified atom stereocenters. The van der Waals surface area contributed by atoms with Crippen LogP contribution >= 0.6 is 11.6 Å². The second-order valence-corrected chi connectivity index (χ2v) is 12.3. The molecule has 1 N–H and O–H groups in total. The summed E-state index contributed by atoms with van der Waals surface area (Å²) in [5.41, 5.74) is 1.51. The Bertz CT molecular complexity index is 1610. The van der Waals surface area contributed by atoms with Gasteiger partial charge in [-0.15, -0.1) is 0 Å². The average molecular weight is 631 g/mol. The van der Waals surface area contributed by atoms with Gasteiger partial charge in [0.1, 0.15) is 18.3 Å². The van der Waals surface area contributed by atoms with Gasteiger partial charge in [0.15, 0.2) is 0 Å². The number of nitrogens with zero attached hydrogens (tertiary/aromatic N) is 3. The first kappa shape index (κ1) is 33.3. The number of carbonyl (C=O) groups is 2. The second-order valence-electron chi connectivity index (χ2n) is 10.0. The van der Waals surface area contributed by atoms with E-state index in [1.165, 1.54) is 49.3 Å². The Morgan fingerprint density at radius 1 is 1.09 bits per heavy atom. The van der Waals surface area contributed by atoms with Crippen molar-refractivity contribution in [3.8, 4) is 5.75 Å². The number of methoxy groups -OCH3 is 1. The molecular formula is C30H35ClN4O7S. The van der Waals surface area contributed by atoms with Crippen LogP contribution < -0.4 is 14.4 Å². The van der Waals surface area contributed by atoms with E-state index >= 15 is 0 Å². The zero-order valence-corrected chi connectivity index (χ0v) is 26.2. The highest BCUT2D eigenvalue weighted by atomic mass is 35.5. The Morgan fingerprint density at radius 2 is 1.81 bits per heavy atom. The molecule has 0 fully saturated rings. The van der Waals surface area contributed by atoms with Gasteiger partial charge in [-0.3, -0.25) is 24.0 Å². The van der Waals surface area contributed by atoms with Gasteiger partial charge in [-0.25, -0.2) is 8.42 Å². The molecule has 3 aromatic rings. The molecule has 0 saturated heterocycles. The molecule has 2 amide bonds. The van der Waals surface area contributed by atoms with Crippen LogP contribution in [0, 0.1) is 24.0 Å². The Morgan fingerprint density at radius 3 is 2.44 bits per heavy atom. The van der Waals surface area contributed by atoms with Crippen molar-refractivity contribution in [1.29, 1.82) is 0 Å². The van der Waals surface area contributed by atoms with E-state index in [4.69, 9.17) is 16.3 Å². The fourth-order valence-corrected chi connectivity index (χ4v) is 6.03. The molecule has 0 spiro atoms. The molecule has 11 nitrogen and oxygen atoms in total. The maximum absolute atomic E-state index is 14.2. The third kappa shape index (κ3) is 8.02. The van der Waals surface area contributed by atoms with Crippen LogP contribution in [0.25, 0.3) is 0 Å². The lowest BCUT2D eigenvalue weighted by atomic mass is 10.1. The maximum atomic E-state index is 14.2. The topological polar surface area (TPSA) is 139 Å². The fourth-order valence-electron chi connectivity index (χ4n) is 4.43. The molecule has 3 aromatic carbocycles. The molecule has 3 rings (SSSR count). The van der Waals surface area contributed by atoms with E-state index in [0.29, 0.717) is 13.0 Å². The smallest absolute Gasteiger partial charge is 0.273 e. The summed E-state index contributed by atoms with van der Waals surface area (Å²) < 4.78 is 34.5. The van der Waals surface area contributed by atoms with Crippen molar-refractivity contribution in [1.82, 2.24) is 10.2 Å². The average Bonchev–Trinajstić information content (AvgIpc) is 2.96. The fraction of sp³-hybridized carbons (Fsp3) is 0.333. The van der Waals surface area contributed by atoms with Gasteiger partial charge >= 0.3 is 0 Å². The predicted molar refractivity (Wildman–Crippen MR) is 165 cm³/mol. The molecule has 0 aliphatic heterocycles. The van der Waals surface area contributed by atoms with E-state index in [2.05, 4.69) is 5.32 Å². The molecule has 0 bridgehead atoms. The van der Waals surface area contributed by atoms with Crippen molar-refractivity contribution < 1.29 is 27.7 Å². The predicted octanol–water partition coefficient (Wildman–Crippen LogP) is 5.01. The van der Waals surface area contributed by atoms with E-state index < -0.39 is 49.9 Å². The molecule has 0 aliphatic rings. The largest absolute Gasteiger partial charge is 0.495 e. The number of amides is 2. The molecular weight excluding hydrogens is 596 g/mol. The first-order valence-corrected chi connectivity index (χ1v) is 15.4. The summed E-state index contributed by atoms with van der Waals surface area (Å²) in [6, 6.07) is 14.2. The molecule has 0 heterocycles. The van der Waals surface area contributed by atoms with Crippen LogP contribution in [-0.2, 0) is 26.2 Å². The number of nitro groups is 1. The van der Waals surface area contributed by atoms with Gasteiger partial charge in [0.05, 0.1) is 22.6 Å². The number of hydrogen-bond donors (Lipinski definition) is 1. The first-order valence-electron chi connectivity index (χ1n) is 13.5. The summed E-state index contributed by atoms with van der Waals surface area (Å²) in [4.78, 5) is 39.0. The summed E-state index contributed by atoms with van der Waals surface area (Å²) >= 11 is 6.25. The number of rotatable bonds is 13. The molecule has 0 saturated carbocycles. The molecule has 1 atom stereocenters. The van der Waals surface area contributed by atoms with E-state index in [-0.39, 0.29) is 28.6 Å². The number of aryl methyl sites for hydroxylation is 2. The van der Waals surface area contributed by atoms with Crippen molar-refractivity contribution in [2.24, 2.45) is 0 Å². The number of nitro benzene ring substituents is 1. The minimum absolute atomic E-state index is 0.0256. The van der Waals surface area contributed by atoms with Crippen LogP contribution in [0.2, 0.25) is 5.02 Å². The van der Waals surface area contributed by atoms with E-state index in [0.717, 1.165) is 21.5 Å². The summed E-state index contributed by atoms with van der Waals surface area (Å²) in [5.74, 6) is -0.985. The zero-order chi connectivity index (χ0) is 31.9. The quantitative estimate of drug-likeness (QED) is 0.207. The van der Waals surface area contributed by atoms with Gasteiger partial charge in [0.2, 0.25) is 11.8 Å². The van der Waals surface area contributed by atoms with Crippen LogP contribution in [-0.4, -0.2) is 56.3 Å². The van der Waals surface area contributed by atoms with Gasteiger partial charge in [0.25, 0.3) is 15.7 Å². The van der Waals surface area contributed by atoms with Gasteiger partial charge in [-0.2, -0.15) is 0 Å². The summed E-state index contributed by atoms with van der Waals surface area (Å²) in [6.07, 6.45) is 0.688. The summed E-state index contributed by atoms with van der Waals surface area (Å²) in [5, 5.41) is 14.6. The minimum Gasteiger partial charge on any atom is -0.495 e. The minimum atomic E-state index is -4.60. The Labute approximate surface area is 256 Å². The summed E-state index contributed by atoms with van der Waals surface area (Å²) in [6.45, 7) is 6.53. The van der Waals surface area contributed by atoms with Gasteiger partial charge < -0.3 is 15.0 Å². The van der Waals surface area contributed by atoms with Crippen LogP contribution in [0.4, 0.5) is 11.4 Å². The summed E-state index contributed by atoms with van der Waals surface area (Å²) in [7, 11) is -3.27. The van der Waals surface area contributed by atoms with Gasteiger partial charge in [-0.05, 0) is 57.0 Å². The zero-order valence-electron chi connectivity index (χ0n) is 24.7. The lowest BCUT2D eigenvalue weighted by molar-refractivity contribution is -0.385. The number of hydrogen-bond acceptors (Lipinski definition) is 7. The highest BCUT2D eigenvalue weighted by molar-refractivity contribution is 7.92. The normalized spacial score (nSPS) is 11.9. The van der Waals surface area contributed by atoms with E-state index in [9.17, 15) is 28.1 Å². The first-order chi connectivity index (χ1) is 20.3. The van der Waals surface area contributed by atoms with Crippen molar-refractivity contribution in [3.05, 3.63) is 92.5 Å². The third-order valence-electron chi connectivity index (χ3n) is 6.81. The third-order valence-corrected chi connectivity index (χ3v) is 8.80. The van der Waals surface area contributed by atoms with Crippen molar-refractivity contribution >= 4 is 44.8 Å². The SMILES string of the molecule is CCCNC(=O)C(C)N(Cc1cccc(C)c1)C(=O)CN(c1cc(Cl)ccc1OC)S(=O)(=O)c1ccc(C)c([N+](=O)[O-])c1. The molecule has 0 aromatic heterocycles. The van der Waals surface area contributed by atoms with E-state index in [1.807, 2.05) is 38.1 Å². The van der Waals surface area contributed by atoms with Crippen LogP contribution in [0.5, 0.6) is 5.75 Å². The lowest BCUT2D eigenvalue weighted by Crippen LogP contribution is -2.51. The number of carbonyl (C=O) groups excluding carboxylic acids is 2. The number of ether oxygens (including phenoxy) is 1. The molecule has 43 heavy (non-hydrogen) atoms. The van der Waals surface area contributed by atoms with Crippen molar-refractivity contribution in [2.75, 3.05) is 24.5 Å².